The summed E-state index contributed by atoms with van der Waals surface area (Å²) in [5, 5.41) is 0. The monoisotopic (exact) mass is 300 g/mol. The van der Waals surface area contributed by atoms with Gasteiger partial charge in [0.1, 0.15) is 0 Å². The molecule has 4 nitrogen and oxygen atoms in total. The van der Waals surface area contributed by atoms with Gasteiger partial charge in [0.25, 0.3) is 0 Å². The summed E-state index contributed by atoms with van der Waals surface area (Å²) in [4.78, 5) is 16.2. The summed E-state index contributed by atoms with van der Waals surface area (Å²) >= 11 is 0. The maximum Gasteiger partial charge on any atom is 0.305 e. The Kier molecular flexibility index (Phi) is 13.9. The maximum absolute atomic E-state index is 11.2. The summed E-state index contributed by atoms with van der Waals surface area (Å²) in [6.45, 7) is 16.0. The van der Waals surface area contributed by atoms with Crippen LogP contribution >= 0.6 is 0 Å². The second kappa shape index (κ2) is 14.3. The van der Waals surface area contributed by atoms with Gasteiger partial charge < -0.3 is 14.5 Å². The SMILES string of the molecule is CCOC(=O)CCCCCN(CC)CCCN(CC)CC. The van der Waals surface area contributed by atoms with Crippen LogP contribution in [0.5, 0.6) is 0 Å². The number of carbonyl (C=O) groups is 1. The predicted molar refractivity (Wildman–Crippen MR) is 89.6 cm³/mol. The van der Waals surface area contributed by atoms with E-state index in [1.807, 2.05) is 6.92 Å². The maximum atomic E-state index is 11.2. The Morgan fingerprint density at radius 3 is 1.90 bits per heavy atom. The zero-order chi connectivity index (χ0) is 15.9. The van der Waals surface area contributed by atoms with E-state index < -0.39 is 0 Å². The van der Waals surface area contributed by atoms with E-state index in [1.54, 1.807) is 0 Å². The van der Waals surface area contributed by atoms with Crippen molar-refractivity contribution in [3.63, 3.8) is 0 Å². The van der Waals surface area contributed by atoms with Crippen LogP contribution < -0.4 is 0 Å². The number of hydrogen-bond donors (Lipinski definition) is 0. The number of esters is 1. The largest absolute Gasteiger partial charge is 0.466 e. The van der Waals surface area contributed by atoms with Crippen molar-refractivity contribution in [1.82, 2.24) is 9.80 Å². The smallest absolute Gasteiger partial charge is 0.305 e. The molecule has 0 bridgehead atoms. The van der Waals surface area contributed by atoms with E-state index in [0.717, 1.165) is 39.0 Å². The van der Waals surface area contributed by atoms with Crippen LogP contribution in [0.15, 0.2) is 0 Å². The van der Waals surface area contributed by atoms with Crippen LogP contribution in [0.25, 0.3) is 0 Å². The highest BCUT2D eigenvalue weighted by Gasteiger charge is 2.05. The van der Waals surface area contributed by atoms with Crippen LogP contribution in [-0.2, 0) is 9.53 Å². The fourth-order valence-electron chi connectivity index (χ4n) is 2.50. The van der Waals surface area contributed by atoms with Crippen molar-refractivity contribution < 1.29 is 9.53 Å². The summed E-state index contributed by atoms with van der Waals surface area (Å²) in [7, 11) is 0. The third kappa shape index (κ3) is 11.7. The zero-order valence-electron chi connectivity index (χ0n) is 14.7. The topological polar surface area (TPSA) is 32.8 Å². The molecule has 0 aromatic heterocycles. The molecular weight excluding hydrogens is 264 g/mol. The van der Waals surface area contributed by atoms with E-state index in [4.69, 9.17) is 4.74 Å². The lowest BCUT2D eigenvalue weighted by atomic mass is 10.2. The summed E-state index contributed by atoms with van der Waals surface area (Å²) in [6.07, 6.45) is 5.07. The molecule has 0 atom stereocenters. The Labute approximate surface area is 131 Å². The van der Waals surface area contributed by atoms with Gasteiger partial charge in [-0.05, 0) is 65.5 Å². The molecule has 0 aliphatic rings. The lowest BCUT2D eigenvalue weighted by Gasteiger charge is -2.23. The van der Waals surface area contributed by atoms with E-state index in [2.05, 4.69) is 30.6 Å². The van der Waals surface area contributed by atoms with Gasteiger partial charge in [0.05, 0.1) is 6.61 Å². The number of unbranched alkanes of at least 4 members (excludes halogenated alkanes) is 2. The Morgan fingerprint density at radius 2 is 1.33 bits per heavy atom. The van der Waals surface area contributed by atoms with Crippen LogP contribution in [0.3, 0.4) is 0 Å². The van der Waals surface area contributed by atoms with Crippen LogP contribution in [0, 0.1) is 0 Å². The number of nitrogens with zero attached hydrogens (tertiary/aromatic N) is 2. The van der Waals surface area contributed by atoms with Crippen molar-refractivity contribution in [1.29, 1.82) is 0 Å². The van der Waals surface area contributed by atoms with Crippen molar-refractivity contribution in [3.8, 4) is 0 Å². The van der Waals surface area contributed by atoms with Gasteiger partial charge in [0.2, 0.25) is 0 Å². The Hall–Kier alpha value is -0.610. The van der Waals surface area contributed by atoms with Crippen molar-refractivity contribution in [2.45, 2.75) is 59.8 Å². The first kappa shape index (κ1) is 20.4. The predicted octanol–water partition coefficient (Wildman–Crippen LogP) is 3.16. The molecule has 0 fully saturated rings. The molecule has 0 aliphatic heterocycles. The standard InChI is InChI=1S/C17H36N2O2/c1-5-18(6-2)15-12-16-19(7-3)14-11-9-10-13-17(20)21-8-4/h5-16H2,1-4H3. The number of rotatable bonds is 14. The molecule has 0 amide bonds. The minimum Gasteiger partial charge on any atom is -0.466 e. The van der Waals surface area contributed by atoms with Gasteiger partial charge in [-0.2, -0.15) is 0 Å². The fraction of sp³-hybridized carbons (Fsp3) is 0.941. The van der Waals surface area contributed by atoms with E-state index >= 15 is 0 Å². The van der Waals surface area contributed by atoms with E-state index in [-0.39, 0.29) is 5.97 Å². The van der Waals surface area contributed by atoms with Gasteiger partial charge in [-0.3, -0.25) is 4.79 Å². The molecule has 0 aliphatic carbocycles. The Bertz CT molecular complexity index is 243. The van der Waals surface area contributed by atoms with Crippen molar-refractivity contribution in [3.05, 3.63) is 0 Å². The van der Waals surface area contributed by atoms with Crippen molar-refractivity contribution >= 4 is 5.97 Å². The Balaban J connectivity index is 3.59. The van der Waals surface area contributed by atoms with E-state index in [0.29, 0.717) is 13.0 Å². The normalized spacial score (nSPS) is 11.3. The molecule has 0 N–H and O–H groups in total. The van der Waals surface area contributed by atoms with E-state index in [1.165, 1.54) is 25.9 Å². The number of carbonyl (C=O) groups excluding carboxylic acids is 1. The lowest BCUT2D eigenvalue weighted by Crippen LogP contribution is -2.30. The van der Waals surface area contributed by atoms with Gasteiger partial charge in [0.15, 0.2) is 0 Å². The highest BCUT2D eigenvalue weighted by Crippen LogP contribution is 2.04. The molecule has 0 saturated carbocycles. The summed E-state index contributed by atoms with van der Waals surface area (Å²) in [5.74, 6) is -0.0518. The van der Waals surface area contributed by atoms with Crippen molar-refractivity contribution in [2.75, 3.05) is 45.9 Å². The molecule has 0 heterocycles. The first-order valence-corrected chi connectivity index (χ1v) is 8.78. The van der Waals surface area contributed by atoms with Crippen LogP contribution in [-0.4, -0.2) is 61.6 Å². The molecule has 0 rings (SSSR count). The first-order chi connectivity index (χ1) is 10.2. The second-order valence-corrected chi connectivity index (χ2v) is 5.43. The summed E-state index contributed by atoms with van der Waals surface area (Å²) in [6, 6.07) is 0. The van der Waals surface area contributed by atoms with E-state index in [9.17, 15) is 4.79 Å². The molecule has 0 aromatic carbocycles. The quantitative estimate of drug-likeness (QED) is 0.364. The average Bonchev–Trinajstić information content (AvgIpc) is 2.49. The molecule has 21 heavy (non-hydrogen) atoms. The minimum absolute atomic E-state index is 0.0518. The minimum atomic E-state index is -0.0518. The summed E-state index contributed by atoms with van der Waals surface area (Å²) < 4.78 is 4.93. The van der Waals surface area contributed by atoms with Gasteiger partial charge in [-0.25, -0.2) is 0 Å². The van der Waals surface area contributed by atoms with Crippen molar-refractivity contribution in [2.24, 2.45) is 0 Å². The molecular formula is C17H36N2O2. The highest BCUT2D eigenvalue weighted by molar-refractivity contribution is 5.69. The highest BCUT2D eigenvalue weighted by atomic mass is 16.5. The second-order valence-electron chi connectivity index (χ2n) is 5.43. The number of hydrogen-bond acceptors (Lipinski definition) is 4. The molecule has 0 spiro atoms. The third-order valence-corrected chi connectivity index (χ3v) is 3.95. The van der Waals surface area contributed by atoms with Gasteiger partial charge in [-0.1, -0.05) is 27.2 Å². The van der Waals surface area contributed by atoms with Gasteiger partial charge >= 0.3 is 5.97 Å². The van der Waals surface area contributed by atoms with Crippen LogP contribution in [0.1, 0.15) is 59.8 Å². The first-order valence-electron chi connectivity index (χ1n) is 8.78. The fourth-order valence-corrected chi connectivity index (χ4v) is 2.50. The third-order valence-electron chi connectivity index (χ3n) is 3.95. The molecule has 0 saturated heterocycles. The lowest BCUT2D eigenvalue weighted by molar-refractivity contribution is -0.143. The van der Waals surface area contributed by atoms with Crippen LogP contribution in [0.2, 0.25) is 0 Å². The van der Waals surface area contributed by atoms with Crippen LogP contribution in [0.4, 0.5) is 0 Å². The average molecular weight is 300 g/mol. The molecule has 0 unspecified atom stereocenters. The molecule has 4 heteroatoms. The molecule has 126 valence electrons. The zero-order valence-corrected chi connectivity index (χ0v) is 14.7. The Morgan fingerprint density at radius 1 is 0.762 bits per heavy atom. The molecule has 0 radical (unpaired) electrons. The van der Waals surface area contributed by atoms with Gasteiger partial charge in [0, 0.05) is 6.42 Å². The summed E-state index contributed by atoms with van der Waals surface area (Å²) in [5.41, 5.74) is 0. The number of ether oxygens (including phenoxy) is 1. The molecule has 0 aromatic rings. The van der Waals surface area contributed by atoms with Gasteiger partial charge in [-0.15, -0.1) is 0 Å².